The fraction of sp³-hybridized carbons (Fsp3) is 0.944. The third-order valence-electron chi connectivity index (χ3n) is 6.11. The molecule has 0 atom stereocenters. The number of carbonyl (C=O) groups is 1. The molecule has 3 rings (SSSR count). The molecule has 0 aromatic carbocycles. The van der Waals surface area contributed by atoms with E-state index in [0.29, 0.717) is 5.91 Å². The van der Waals surface area contributed by atoms with E-state index in [1.807, 2.05) is 0 Å². The quantitative estimate of drug-likeness (QED) is 0.837. The fourth-order valence-corrected chi connectivity index (χ4v) is 4.66. The molecule has 3 aliphatic rings. The Morgan fingerprint density at radius 2 is 1.64 bits per heavy atom. The second kappa shape index (κ2) is 7.78. The molecule has 0 unspecified atom stereocenters. The largest absolute Gasteiger partial charge is 0.354 e. The molecule has 2 aliphatic heterocycles. The first-order valence-electron chi connectivity index (χ1n) is 9.54. The lowest BCUT2D eigenvalue weighted by Crippen LogP contribution is -2.58. The number of amides is 1. The van der Waals surface area contributed by atoms with Crippen LogP contribution in [0.4, 0.5) is 0 Å². The standard InChI is InChI=1S/C18H33N3O/c22-17(16-7-11-19-12-8-16)20-15-18(9-3-1-4-10-18)21-13-5-2-6-14-21/h16,19H,1-15H2,(H,20,22). The summed E-state index contributed by atoms with van der Waals surface area (Å²) >= 11 is 0. The van der Waals surface area contributed by atoms with Crippen molar-refractivity contribution in [2.75, 3.05) is 32.7 Å². The average Bonchev–Trinajstić information content (AvgIpc) is 2.62. The summed E-state index contributed by atoms with van der Waals surface area (Å²) < 4.78 is 0. The summed E-state index contributed by atoms with van der Waals surface area (Å²) in [4.78, 5) is 15.2. The van der Waals surface area contributed by atoms with Gasteiger partial charge in [0.1, 0.15) is 0 Å². The van der Waals surface area contributed by atoms with Crippen LogP contribution in [0.25, 0.3) is 0 Å². The van der Waals surface area contributed by atoms with E-state index >= 15 is 0 Å². The zero-order valence-electron chi connectivity index (χ0n) is 14.0. The number of nitrogens with one attached hydrogen (secondary N) is 2. The summed E-state index contributed by atoms with van der Waals surface area (Å²) in [5.41, 5.74) is 0.265. The van der Waals surface area contributed by atoms with Crippen LogP contribution in [-0.4, -0.2) is 49.1 Å². The summed E-state index contributed by atoms with van der Waals surface area (Å²) in [7, 11) is 0. The van der Waals surface area contributed by atoms with Crippen LogP contribution in [0.3, 0.4) is 0 Å². The zero-order valence-corrected chi connectivity index (χ0v) is 14.0. The van der Waals surface area contributed by atoms with E-state index in [4.69, 9.17) is 0 Å². The Kier molecular flexibility index (Phi) is 5.75. The van der Waals surface area contributed by atoms with Crippen LogP contribution in [0, 0.1) is 5.92 Å². The van der Waals surface area contributed by atoms with Crippen molar-refractivity contribution in [1.29, 1.82) is 0 Å². The highest BCUT2D eigenvalue weighted by Crippen LogP contribution is 2.35. The summed E-state index contributed by atoms with van der Waals surface area (Å²) in [5.74, 6) is 0.548. The van der Waals surface area contributed by atoms with Crippen molar-refractivity contribution in [2.45, 2.75) is 69.7 Å². The van der Waals surface area contributed by atoms with E-state index in [9.17, 15) is 4.79 Å². The molecular weight excluding hydrogens is 274 g/mol. The number of nitrogens with zero attached hydrogens (tertiary/aromatic N) is 1. The first kappa shape index (κ1) is 16.3. The molecule has 0 aromatic heterocycles. The van der Waals surface area contributed by atoms with Gasteiger partial charge in [0.2, 0.25) is 5.91 Å². The van der Waals surface area contributed by atoms with Crippen molar-refractivity contribution in [3.05, 3.63) is 0 Å². The molecule has 3 fully saturated rings. The fourth-order valence-electron chi connectivity index (χ4n) is 4.66. The molecule has 4 heteroatoms. The molecule has 22 heavy (non-hydrogen) atoms. The second-order valence-electron chi connectivity index (χ2n) is 7.57. The van der Waals surface area contributed by atoms with Crippen LogP contribution < -0.4 is 10.6 Å². The Morgan fingerprint density at radius 1 is 1.00 bits per heavy atom. The van der Waals surface area contributed by atoms with Crippen LogP contribution in [-0.2, 0) is 4.79 Å². The van der Waals surface area contributed by atoms with Gasteiger partial charge in [-0.15, -0.1) is 0 Å². The highest BCUT2D eigenvalue weighted by atomic mass is 16.1. The summed E-state index contributed by atoms with van der Waals surface area (Å²) in [5, 5.41) is 6.70. The highest BCUT2D eigenvalue weighted by molar-refractivity contribution is 5.78. The predicted octanol–water partition coefficient (Wildman–Crippen LogP) is 2.29. The zero-order chi connectivity index (χ0) is 15.3. The average molecular weight is 307 g/mol. The molecule has 2 saturated heterocycles. The molecule has 0 bridgehead atoms. The van der Waals surface area contributed by atoms with Gasteiger partial charge in [-0.3, -0.25) is 9.69 Å². The van der Waals surface area contributed by atoms with Crippen LogP contribution >= 0.6 is 0 Å². The molecule has 126 valence electrons. The van der Waals surface area contributed by atoms with Crippen molar-refractivity contribution >= 4 is 5.91 Å². The minimum absolute atomic E-state index is 0.239. The maximum Gasteiger partial charge on any atom is 0.223 e. The van der Waals surface area contributed by atoms with Crippen molar-refractivity contribution in [1.82, 2.24) is 15.5 Å². The normalized spacial score (nSPS) is 27.5. The highest BCUT2D eigenvalue weighted by Gasteiger charge is 2.39. The number of hydrogen-bond donors (Lipinski definition) is 2. The summed E-state index contributed by atoms with van der Waals surface area (Å²) in [6.07, 6.45) is 12.7. The Hall–Kier alpha value is -0.610. The number of hydrogen-bond acceptors (Lipinski definition) is 3. The van der Waals surface area contributed by atoms with Crippen LogP contribution in [0.15, 0.2) is 0 Å². The Morgan fingerprint density at radius 3 is 2.32 bits per heavy atom. The molecule has 2 heterocycles. The van der Waals surface area contributed by atoms with Gasteiger partial charge in [0, 0.05) is 18.0 Å². The van der Waals surface area contributed by atoms with Crippen LogP contribution in [0.2, 0.25) is 0 Å². The first-order chi connectivity index (χ1) is 10.8. The van der Waals surface area contributed by atoms with E-state index in [2.05, 4.69) is 15.5 Å². The van der Waals surface area contributed by atoms with Crippen molar-refractivity contribution in [3.8, 4) is 0 Å². The SMILES string of the molecule is O=C(NCC1(N2CCCCC2)CCCCC1)C1CCNCC1. The lowest BCUT2D eigenvalue weighted by molar-refractivity contribution is -0.126. The van der Waals surface area contributed by atoms with E-state index in [1.165, 1.54) is 64.5 Å². The van der Waals surface area contributed by atoms with E-state index in [1.54, 1.807) is 0 Å². The molecule has 1 saturated carbocycles. The molecule has 1 aliphatic carbocycles. The smallest absolute Gasteiger partial charge is 0.223 e. The lowest BCUT2D eigenvalue weighted by atomic mass is 9.79. The number of rotatable bonds is 4. The van der Waals surface area contributed by atoms with Gasteiger partial charge in [0.05, 0.1) is 0 Å². The van der Waals surface area contributed by atoms with Gasteiger partial charge in [-0.1, -0.05) is 25.7 Å². The number of piperidine rings is 2. The predicted molar refractivity (Wildman–Crippen MR) is 89.8 cm³/mol. The monoisotopic (exact) mass is 307 g/mol. The van der Waals surface area contributed by atoms with Gasteiger partial charge in [0.15, 0.2) is 0 Å². The van der Waals surface area contributed by atoms with Gasteiger partial charge >= 0.3 is 0 Å². The molecular formula is C18H33N3O. The third kappa shape index (κ3) is 3.83. The van der Waals surface area contributed by atoms with Gasteiger partial charge < -0.3 is 10.6 Å². The van der Waals surface area contributed by atoms with Crippen molar-refractivity contribution in [3.63, 3.8) is 0 Å². The minimum atomic E-state index is 0.239. The van der Waals surface area contributed by atoms with Gasteiger partial charge in [-0.05, 0) is 64.7 Å². The Labute approximate surface area is 135 Å². The third-order valence-corrected chi connectivity index (χ3v) is 6.11. The van der Waals surface area contributed by atoms with E-state index < -0.39 is 0 Å². The van der Waals surface area contributed by atoms with Crippen LogP contribution in [0.1, 0.15) is 64.2 Å². The number of likely N-dealkylation sites (tertiary alicyclic amines) is 1. The topological polar surface area (TPSA) is 44.4 Å². The van der Waals surface area contributed by atoms with Crippen molar-refractivity contribution < 1.29 is 4.79 Å². The summed E-state index contributed by atoms with van der Waals surface area (Å²) in [6, 6.07) is 0. The Balaban J connectivity index is 1.58. The van der Waals surface area contributed by atoms with Gasteiger partial charge in [-0.25, -0.2) is 0 Å². The van der Waals surface area contributed by atoms with Crippen molar-refractivity contribution in [2.24, 2.45) is 5.92 Å². The van der Waals surface area contributed by atoms with Crippen LogP contribution in [0.5, 0.6) is 0 Å². The molecule has 0 radical (unpaired) electrons. The van der Waals surface area contributed by atoms with E-state index in [-0.39, 0.29) is 11.5 Å². The molecule has 2 N–H and O–H groups in total. The van der Waals surface area contributed by atoms with Gasteiger partial charge in [-0.2, -0.15) is 0 Å². The molecule has 4 nitrogen and oxygen atoms in total. The van der Waals surface area contributed by atoms with Gasteiger partial charge in [0.25, 0.3) is 0 Å². The lowest BCUT2D eigenvalue weighted by Gasteiger charge is -2.48. The Bertz CT molecular complexity index is 353. The summed E-state index contributed by atoms with van der Waals surface area (Å²) in [6.45, 7) is 5.35. The second-order valence-corrected chi connectivity index (χ2v) is 7.57. The number of carbonyl (C=O) groups excluding carboxylic acids is 1. The van der Waals surface area contributed by atoms with E-state index in [0.717, 1.165) is 32.5 Å². The maximum absolute atomic E-state index is 12.5. The molecule has 1 amide bonds. The first-order valence-corrected chi connectivity index (χ1v) is 9.54. The minimum Gasteiger partial charge on any atom is -0.354 e. The molecule has 0 aromatic rings. The molecule has 0 spiro atoms. The maximum atomic E-state index is 12.5.